The first-order chi connectivity index (χ1) is 9.00. The van der Waals surface area contributed by atoms with E-state index in [4.69, 9.17) is 0 Å². The summed E-state index contributed by atoms with van der Waals surface area (Å²) in [4.78, 5) is 0. The topological polar surface area (TPSA) is 46.2 Å². The highest BCUT2D eigenvalue weighted by Gasteiger charge is 2.27. The van der Waals surface area contributed by atoms with E-state index in [2.05, 4.69) is 43.4 Å². The highest BCUT2D eigenvalue weighted by molar-refractivity contribution is 7.91. The Morgan fingerprint density at radius 2 is 2.00 bits per heavy atom. The molecule has 1 fully saturated rings. The van der Waals surface area contributed by atoms with E-state index in [1.54, 1.807) is 0 Å². The molecular weight excluding hydrogens is 258 g/mol. The number of rotatable bonds is 5. The van der Waals surface area contributed by atoms with Crippen LogP contribution in [0.3, 0.4) is 0 Å². The van der Waals surface area contributed by atoms with Gasteiger partial charge in [-0.1, -0.05) is 31.2 Å². The fourth-order valence-corrected chi connectivity index (χ4v) is 4.40. The van der Waals surface area contributed by atoms with Gasteiger partial charge in [0.15, 0.2) is 9.84 Å². The monoisotopic (exact) mass is 281 g/mol. The molecule has 2 unspecified atom stereocenters. The van der Waals surface area contributed by atoms with Crippen LogP contribution in [0.4, 0.5) is 0 Å². The van der Waals surface area contributed by atoms with Gasteiger partial charge in [0.2, 0.25) is 0 Å². The minimum absolute atomic E-state index is 0.272. The lowest BCUT2D eigenvalue weighted by Crippen LogP contribution is -2.26. The summed E-state index contributed by atoms with van der Waals surface area (Å²) in [6.45, 7) is 5.07. The van der Waals surface area contributed by atoms with Crippen LogP contribution < -0.4 is 5.32 Å². The summed E-state index contributed by atoms with van der Waals surface area (Å²) in [7, 11) is -2.76. The predicted molar refractivity (Wildman–Crippen MR) is 79.0 cm³/mol. The van der Waals surface area contributed by atoms with E-state index < -0.39 is 9.84 Å². The first-order valence-corrected chi connectivity index (χ1v) is 8.85. The van der Waals surface area contributed by atoms with Gasteiger partial charge in [0.25, 0.3) is 0 Å². The summed E-state index contributed by atoms with van der Waals surface area (Å²) in [6, 6.07) is 8.90. The van der Waals surface area contributed by atoms with Gasteiger partial charge < -0.3 is 5.32 Å². The van der Waals surface area contributed by atoms with Crippen LogP contribution in [-0.2, 0) is 16.3 Å². The summed E-state index contributed by atoms with van der Waals surface area (Å²) >= 11 is 0. The fraction of sp³-hybridized carbons (Fsp3) is 0.600. The molecule has 0 aliphatic carbocycles. The number of sulfone groups is 1. The molecule has 1 aromatic rings. The standard InChI is InChI=1S/C15H23NO2S/c1-3-13-4-6-15(7-5-13)12(2)16-10-14-8-9-19(17,18)11-14/h4-7,12,14,16H,3,8-11H2,1-2H3. The van der Waals surface area contributed by atoms with Crippen molar-refractivity contribution in [3.63, 3.8) is 0 Å². The van der Waals surface area contributed by atoms with Crippen LogP contribution in [-0.4, -0.2) is 26.5 Å². The van der Waals surface area contributed by atoms with E-state index >= 15 is 0 Å². The second kappa shape index (κ2) is 6.06. The minimum atomic E-state index is -2.76. The van der Waals surface area contributed by atoms with E-state index in [0.717, 1.165) is 19.4 Å². The van der Waals surface area contributed by atoms with Crippen LogP contribution in [0, 0.1) is 5.92 Å². The minimum Gasteiger partial charge on any atom is -0.310 e. The maximum absolute atomic E-state index is 11.4. The van der Waals surface area contributed by atoms with Gasteiger partial charge in [0, 0.05) is 6.04 Å². The number of hydrogen-bond acceptors (Lipinski definition) is 3. The summed E-state index contributed by atoms with van der Waals surface area (Å²) in [6.07, 6.45) is 1.86. The molecule has 1 N–H and O–H groups in total. The molecule has 1 aliphatic heterocycles. The Balaban J connectivity index is 1.85. The molecule has 3 nitrogen and oxygen atoms in total. The second-order valence-corrected chi connectivity index (χ2v) is 7.72. The summed E-state index contributed by atoms with van der Waals surface area (Å²) in [5, 5.41) is 3.45. The molecule has 0 bridgehead atoms. The molecule has 19 heavy (non-hydrogen) atoms. The van der Waals surface area contributed by atoms with Crippen LogP contribution in [0.2, 0.25) is 0 Å². The molecule has 1 aliphatic rings. The maximum Gasteiger partial charge on any atom is 0.150 e. The molecule has 0 amide bonds. The van der Waals surface area contributed by atoms with E-state index in [0.29, 0.717) is 11.5 Å². The molecule has 1 heterocycles. The van der Waals surface area contributed by atoms with Crippen LogP contribution in [0.5, 0.6) is 0 Å². The molecule has 0 saturated carbocycles. The molecule has 1 saturated heterocycles. The summed E-state index contributed by atoms with van der Waals surface area (Å²) < 4.78 is 22.8. The van der Waals surface area contributed by atoms with Gasteiger partial charge in [-0.2, -0.15) is 0 Å². The Morgan fingerprint density at radius 1 is 1.32 bits per heavy atom. The Hall–Kier alpha value is -0.870. The normalized spacial score (nSPS) is 23.4. The molecule has 0 spiro atoms. The Labute approximate surface area is 116 Å². The van der Waals surface area contributed by atoms with Gasteiger partial charge >= 0.3 is 0 Å². The van der Waals surface area contributed by atoms with Crippen molar-refractivity contribution in [1.82, 2.24) is 5.32 Å². The maximum atomic E-state index is 11.4. The van der Waals surface area contributed by atoms with Crippen molar-refractivity contribution < 1.29 is 8.42 Å². The average molecular weight is 281 g/mol. The fourth-order valence-electron chi connectivity index (χ4n) is 2.54. The Bertz CT molecular complexity index is 507. The zero-order valence-corrected chi connectivity index (χ0v) is 12.5. The van der Waals surface area contributed by atoms with Gasteiger partial charge in [-0.05, 0) is 43.4 Å². The van der Waals surface area contributed by atoms with Crippen molar-refractivity contribution in [2.75, 3.05) is 18.1 Å². The third-order valence-electron chi connectivity index (χ3n) is 3.93. The van der Waals surface area contributed by atoms with Crippen LogP contribution in [0.1, 0.15) is 37.4 Å². The van der Waals surface area contributed by atoms with E-state index in [1.165, 1.54) is 11.1 Å². The highest BCUT2D eigenvalue weighted by atomic mass is 32.2. The highest BCUT2D eigenvalue weighted by Crippen LogP contribution is 2.19. The molecule has 2 rings (SSSR count). The molecular formula is C15H23NO2S. The van der Waals surface area contributed by atoms with Crippen molar-refractivity contribution in [2.45, 2.75) is 32.7 Å². The molecule has 106 valence electrons. The SMILES string of the molecule is CCc1ccc(C(C)NCC2CCS(=O)(=O)C2)cc1. The quantitative estimate of drug-likeness (QED) is 0.901. The van der Waals surface area contributed by atoms with Crippen molar-refractivity contribution >= 4 is 9.84 Å². The van der Waals surface area contributed by atoms with Gasteiger partial charge in [-0.25, -0.2) is 8.42 Å². The smallest absolute Gasteiger partial charge is 0.150 e. The summed E-state index contributed by atoms with van der Waals surface area (Å²) in [5.41, 5.74) is 2.61. The second-order valence-electron chi connectivity index (χ2n) is 5.49. The van der Waals surface area contributed by atoms with E-state index in [1.807, 2.05) is 0 Å². The third-order valence-corrected chi connectivity index (χ3v) is 5.76. The number of nitrogens with one attached hydrogen (secondary N) is 1. The molecule has 2 atom stereocenters. The van der Waals surface area contributed by atoms with Gasteiger partial charge in [-0.3, -0.25) is 0 Å². The van der Waals surface area contributed by atoms with Crippen LogP contribution >= 0.6 is 0 Å². The van der Waals surface area contributed by atoms with Crippen molar-refractivity contribution in [3.8, 4) is 0 Å². The number of hydrogen-bond donors (Lipinski definition) is 1. The van der Waals surface area contributed by atoms with Crippen molar-refractivity contribution in [3.05, 3.63) is 35.4 Å². The van der Waals surface area contributed by atoms with Gasteiger partial charge in [-0.15, -0.1) is 0 Å². The van der Waals surface area contributed by atoms with E-state index in [9.17, 15) is 8.42 Å². The zero-order valence-electron chi connectivity index (χ0n) is 11.7. The number of aryl methyl sites for hydroxylation is 1. The lowest BCUT2D eigenvalue weighted by atomic mass is 10.0. The lowest BCUT2D eigenvalue weighted by molar-refractivity contribution is 0.476. The van der Waals surface area contributed by atoms with Crippen LogP contribution in [0.15, 0.2) is 24.3 Å². The zero-order chi connectivity index (χ0) is 13.9. The predicted octanol–water partition coefficient (Wildman–Crippen LogP) is 2.33. The van der Waals surface area contributed by atoms with Crippen molar-refractivity contribution in [2.24, 2.45) is 5.92 Å². The molecule has 4 heteroatoms. The number of benzene rings is 1. The first-order valence-electron chi connectivity index (χ1n) is 7.03. The van der Waals surface area contributed by atoms with Gasteiger partial charge in [0.05, 0.1) is 11.5 Å². The largest absolute Gasteiger partial charge is 0.310 e. The molecule has 1 aromatic carbocycles. The van der Waals surface area contributed by atoms with Crippen molar-refractivity contribution in [1.29, 1.82) is 0 Å². The summed E-state index contributed by atoms with van der Waals surface area (Å²) in [5.74, 6) is 0.989. The average Bonchev–Trinajstić information content (AvgIpc) is 2.76. The Kier molecular flexibility index (Phi) is 4.63. The lowest BCUT2D eigenvalue weighted by Gasteiger charge is -2.17. The third kappa shape index (κ3) is 4.05. The van der Waals surface area contributed by atoms with Crippen LogP contribution in [0.25, 0.3) is 0 Å². The first kappa shape index (κ1) is 14.5. The van der Waals surface area contributed by atoms with E-state index in [-0.39, 0.29) is 12.0 Å². The molecule has 0 aromatic heterocycles. The molecule has 0 radical (unpaired) electrons. The van der Waals surface area contributed by atoms with Gasteiger partial charge in [0.1, 0.15) is 0 Å². The Morgan fingerprint density at radius 3 is 2.53 bits per heavy atom.